The first-order valence-corrected chi connectivity index (χ1v) is 2.86. The Hall–Kier alpha value is -1.59. The van der Waals surface area contributed by atoms with Crippen LogP contribution in [0.25, 0.3) is 0 Å². The molecule has 0 saturated heterocycles. The van der Waals surface area contributed by atoms with E-state index in [2.05, 4.69) is 20.2 Å². The number of hydrogen-bond donors (Lipinski definition) is 1. The highest BCUT2D eigenvalue weighted by atomic mass is 16.7. The summed E-state index contributed by atoms with van der Waals surface area (Å²) in [4.78, 5) is 24.0. The molecule has 0 saturated carbocycles. The van der Waals surface area contributed by atoms with Gasteiger partial charge in [0, 0.05) is 0 Å². The molecule has 1 heterocycles. The molecule has 0 aromatic carbocycles. The van der Waals surface area contributed by atoms with Crippen molar-refractivity contribution in [3.8, 4) is 0 Å². The molecule has 1 atom stereocenters. The van der Waals surface area contributed by atoms with Crippen molar-refractivity contribution in [2.45, 2.75) is 13.0 Å². The third-order valence-electron chi connectivity index (χ3n) is 1.01. The van der Waals surface area contributed by atoms with Gasteiger partial charge in [0.25, 0.3) is 5.91 Å². The predicted molar refractivity (Wildman–Crippen MR) is 33.7 cm³/mol. The Balaban J connectivity index is 2.57. The molecule has 0 spiro atoms. The zero-order chi connectivity index (χ0) is 8.43. The molecule has 0 aromatic heterocycles. The average molecular weight is 158 g/mol. The van der Waals surface area contributed by atoms with Crippen molar-refractivity contribution in [2.24, 2.45) is 10.7 Å². The van der Waals surface area contributed by atoms with Crippen molar-refractivity contribution in [1.82, 2.24) is 0 Å². The molecule has 6 nitrogen and oxygen atoms in total. The van der Waals surface area contributed by atoms with Crippen molar-refractivity contribution in [1.29, 1.82) is 0 Å². The van der Waals surface area contributed by atoms with Crippen molar-refractivity contribution in [3.05, 3.63) is 0 Å². The van der Waals surface area contributed by atoms with Crippen LogP contribution in [0, 0.1) is 0 Å². The Labute approximate surface area is 62.0 Å². The maximum atomic E-state index is 10.6. The second-order valence-electron chi connectivity index (χ2n) is 1.90. The first-order chi connectivity index (χ1) is 5.09. The first-order valence-electron chi connectivity index (χ1n) is 2.86. The minimum atomic E-state index is -1.05. The third-order valence-corrected chi connectivity index (χ3v) is 1.01. The van der Waals surface area contributed by atoms with E-state index in [9.17, 15) is 9.59 Å². The van der Waals surface area contributed by atoms with Gasteiger partial charge in [-0.2, -0.15) is 0 Å². The van der Waals surface area contributed by atoms with E-state index in [4.69, 9.17) is 0 Å². The van der Waals surface area contributed by atoms with Crippen LogP contribution < -0.4 is 5.73 Å². The number of hydrogen-bond acceptors (Lipinski definition) is 4. The molecule has 1 aliphatic rings. The summed E-state index contributed by atoms with van der Waals surface area (Å²) in [5.74, 6) is -0.485. The number of carbonyl (C=O) groups is 2. The SMILES string of the molecule is CC1OC(OC(N)=O)=NC1=O. The number of rotatable bonds is 0. The number of carbonyl (C=O) groups excluding carboxylic acids is 2. The molecular formula is C5H6N2O4. The van der Waals surface area contributed by atoms with Crippen LogP contribution in [0.15, 0.2) is 4.99 Å². The van der Waals surface area contributed by atoms with Gasteiger partial charge in [-0.25, -0.2) is 4.79 Å². The molecule has 6 heteroatoms. The van der Waals surface area contributed by atoms with Gasteiger partial charge in [0.15, 0.2) is 6.10 Å². The van der Waals surface area contributed by atoms with Crippen LogP contribution in [-0.4, -0.2) is 24.2 Å². The minimum Gasteiger partial charge on any atom is -0.437 e. The molecule has 2 N–H and O–H groups in total. The Morgan fingerprint density at radius 3 is 2.82 bits per heavy atom. The van der Waals surface area contributed by atoms with Gasteiger partial charge in [-0.05, 0) is 6.92 Å². The molecule has 60 valence electrons. The summed E-state index contributed by atoms with van der Waals surface area (Å²) in [5, 5.41) is 0. The van der Waals surface area contributed by atoms with Gasteiger partial charge < -0.3 is 15.2 Å². The van der Waals surface area contributed by atoms with Crippen LogP contribution in [0.2, 0.25) is 0 Å². The third kappa shape index (κ3) is 1.66. The fraction of sp³-hybridized carbons (Fsp3) is 0.400. The van der Waals surface area contributed by atoms with Crippen LogP contribution in [-0.2, 0) is 14.3 Å². The summed E-state index contributed by atoms with van der Waals surface area (Å²) in [6, 6.07) is 0. The number of amides is 2. The normalized spacial score (nSPS) is 22.5. The predicted octanol–water partition coefficient (Wildman–Crippen LogP) is -0.617. The zero-order valence-electron chi connectivity index (χ0n) is 5.73. The molecule has 1 aliphatic heterocycles. The standard InChI is InChI=1S/C5H6N2O4/c1-2-3(8)7-5(10-2)11-4(6)9/h2H,1H3,(H2,6,9). The molecule has 0 aliphatic carbocycles. The van der Waals surface area contributed by atoms with E-state index >= 15 is 0 Å². The van der Waals surface area contributed by atoms with E-state index in [0.29, 0.717) is 0 Å². The lowest BCUT2D eigenvalue weighted by Gasteiger charge is -2.00. The zero-order valence-corrected chi connectivity index (χ0v) is 5.73. The summed E-state index contributed by atoms with van der Waals surface area (Å²) in [6.07, 6.45) is -2.12. The van der Waals surface area contributed by atoms with Crippen LogP contribution >= 0.6 is 0 Å². The van der Waals surface area contributed by atoms with Crippen molar-refractivity contribution < 1.29 is 19.1 Å². The molecule has 0 radical (unpaired) electrons. The van der Waals surface area contributed by atoms with Crippen LogP contribution in [0.1, 0.15) is 6.92 Å². The monoisotopic (exact) mass is 158 g/mol. The summed E-state index contributed by atoms with van der Waals surface area (Å²) >= 11 is 0. The topological polar surface area (TPSA) is 91.0 Å². The van der Waals surface area contributed by atoms with Gasteiger partial charge in [0.2, 0.25) is 0 Å². The fourth-order valence-corrected chi connectivity index (χ4v) is 0.542. The summed E-state index contributed by atoms with van der Waals surface area (Å²) < 4.78 is 8.86. The lowest BCUT2D eigenvalue weighted by Crippen LogP contribution is -2.20. The lowest BCUT2D eigenvalue weighted by atomic mass is 10.4. The Kier molecular flexibility index (Phi) is 1.75. The molecule has 0 aromatic rings. The van der Waals surface area contributed by atoms with E-state index < -0.39 is 18.1 Å². The minimum absolute atomic E-state index is 0.380. The number of nitrogens with two attached hydrogens (primary N) is 1. The Bertz CT molecular complexity index is 235. The average Bonchev–Trinajstić information content (AvgIpc) is 2.10. The molecule has 0 fully saturated rings. The maximum Gasteiger partial charge on any atom is 0.413 e. The van der Waals surface area contributed by atoms with Gasteiger partial charge in [0.05, 0.1) is 0 Å². The van der Waals surface area contributed by atoms with Crippen LogP contribution in [0.5, 0.6) is 0 Å². The van der Waals surface area contributed by atoms with Crippen LogP contribution in [0.4, 0.5) is 4.79 Å². The largest absolute Gasteiger partial charge is 0.437 e. The smallest absolute Gasteiger partial charge is 0.413 e. The lowest BCUT2D eigenvalue weighted by molar-refractivity contribution is -0.122. The van der Waals surface area contributed by atoms with Gasteiger partial charge in [0.1, 0.15) is 0 Å². The highest BCUT2D eigenvalue weighted by Crippen LogP contribution is 2.05. The van der Waals surface area contributed by atoms with Gasteiger partial charge in [-0.1, -0.05) is 0 Å². The molecule has 11 heavy (non-hydrogen) atoms. The quantitative estimate of drug-likeness (QED) is 0.508. The highest BCUT2D eigenvalue weighted by Gasteiger charge is 2.26. The van der Waals surface area contributed by atoms with Gasteiger partial charge >= 0.3 is 12.2 Å². The van der Waals surface area contributed by atoms with E-state index in [-0.39, 0.29) is 6.08 Å². The van der Waals surface area contributed by atoms with Gasteiger partial charge in [-0.15, -0.1) is 4.99 Å². The number of nitrogens with zero attached hydrogens (tertiary/aromatic N) is 1. The van der Waals surface area contributed by atoms with Crippen molar-refractivity contribution in [3.63, 3.8) is 0 Å². The number of aliphatic imine (C=N–C) groups is 1. The van der Waals surface area contributed by atoms with E-state index in [1.54, 1.807) is 0 Å². The van der Waals surface area contributed by atoms with Crippen LogP contribution in [0.3, 0.4) is 0 Å². The van der Waals surface area contributed by atoms with E-state index in [1.807, 2.05) is 0 Å². The summed E-state index contributed by atoms with van der Waals surface area (Å²) in [7, 11) is 0. The maximum absolute atomic E-state index is 10.6. The van der Waals surface area contributed by atoms with Crippen molar-refractivity contribution >= 4 is 18.1 Å². The Morgan fingerprint density at radius 2 is 2.45 bits per heavy atom. The van der Waals surface area contributed by atoms with E-state index in [0.717, 1.165) is 0 Å². The second kappa shape index (κ2) is 2.57. The summed E-state index contributed by atoms with van der Waals surface area (Å²) in [5.41, 5.74) is 4.63. The first kappa shape index (κ1) is 7.52. The highest BCUT2D eigenvalue weighted by molar-refractivity contribution is 5.98. The fourth-order valence-electron chi connectivity index (χ4n) is 0.542. The molecule has 1 unspecified atom stereocenters. The van der Waals surface area contributed by atoms with E-state index in [1.165, 1.54) is 6.92 Å². The second-order valence-corrected chi connectivity index (χ2v) is 1.90. The number of ether oxygens (including phenoxy) is 2. The summed E-state index contributed by atoms with van der Waals surface area (Å²) in [6.45, 7) is 1.49. The molecule has 0 bridgehead atoms. The molecule has 2 amide bonds. The Morgan fingerprint density at radius 1 is 1.82 bits per heavy atom. The van der Waals surface area contributed by atoms with Gasteiger partial charge in [-0.3, -0.25) is 4.79 Å². The molecular weight excluding hydrogens is 152 g/mol. The molecule has 1 rings (SSSR count). The number of primary amides is 1. The van der Waals surface area contributed by atoms with Crippen molar-refractivity contribution in [2.75, 3.05) is 0 Å².